The normalized spacial score (nSPS) is 11.6. The van der Waals surface area contributed by atoms with Gasteiger partial charge >= 0.3 is 5.97 Å². The lowest BCUT2D eigenvalue weighted by Crippen LogP contribution is -2.40. The van der Waals surface area contributed by atoms with E-state index in [1.165, 1.54) is 13.0 Å². The largest absolute Gasteiger partial charge is 0.497 e. The van der Waals surface area contributed by atoms with Crippen molar-refractivity contribution in [1.82, 2.24) is 10.6 Å². The van der Waals surface area contributed by atoms with E-state index in [0.717, 1.165) is 11.1 Å². The molecule has 0 unspecified atom stereocenters. The second-order valence-electron chi connectivity index (χ2n) is 6.67. The Morgan fingerprint density at radius 3 is 2.55 bits per heavy atom. The summed E-state index contributed by atoms with van der Waals surface area (Å²) in [5, 5.41) is 5.79. The molecule has 0 saturated heterocycles. The topological polar surface area (TPSA) is 93.7 Å². The van der Waals surface area contributed by atoms with Gasteiger partial charge in [-0.05, 0) is 54.8 Å². The Bertz CT molecular complexity index is 928. The molecule has 2 aromatic rings. The minimum Gasteiger partial charge on any atom is -0.497 e. The highest BCUT2D eigenvalue weighted by Gasteiger charge is 2.17. The van der Waals surface area contributed by atoms with Gasteiger partial charge < -0.3 is 20.1 Å². The summed E-state index contributed by atoms with van der Waals surface area (Å²) >= 11 is 5.92. The molecule has 1 atom stereocenters. The summed E-state index contributed by atoms with van der Waals surface area (Å²) in [5.74, 6) is -0.859. The van der Waals surface area contributed by atoms with Crippen molar-refractivity contribution in [3.05, 3.63) is 70.8 Å². The number of nitrogens with one attached hydrogen (secondary N) is 2. The summed E-state index contributed by atoms with van der Waals surface area (Å²) in [4.78, 5) is 35.8. The van der Waals surface area contributed by atoms with Crippen molar-refractivity contribution in [2.45, 2.75) is 19.4 Å². The van der Waals surface area contributed by atoms with Gasteiger partial charge in [0.15, 0.2) is 6.61 Å². The molecule has 2 amide bonds. The van der Waals surface area contributed by atoms with Gasteiger partial charge in [-0.25, -0.2) is 4.79 Å². The zero-order valence-corrected chi connectivity index (χ0v) is 18.1. The number of ether oxygens (including phenoxy) is 2. The van der Waals surface area contributed by atoms with Crippen molar-refractivity contribution in [2.24, 2.45) is 0 Å². The summed E-state index contributed by atoms with van der Waals surface area (Å²) in [7, 11) is 1.57. The quantitative estimate of drug-likeness (QED) is 0.434. The first-order valence-corrected chi connectivity index (χ1v) is 10.1. The summed E-state index contributed by atoms with van der Waals surface area (Å²) in [6, 6.07) is 13.6. The zero-order chi connectivity index (χ0) is 22.6. The first-order chi connectivity index (χ1) is 14.9. The lowest BCUT2D eigenvalue weighted by Gasteiger charge is -2.12. The van der Waals surface area contributed by atoms with Crippen molar-refractivity contribution in [3.8, 4) is 5.75 Å². The number of carbonyl (C=O) groups excluding carboxylic acids is 3. The Labute approximate surface area is 186 Å². The van der Waals surface area contributed by atoms with E-state index in [2.05, 4.69) is 10.6 Å². The second-order valence-corrected chi connectivity index (χ2v) is 7.11. The number of hydrogen-bond acceptors (Lipinski definition) is 5. The van der Waals surface area contributed by atoms with Gasteiger partial charge in [-0.3, -0.25) is 9.59 Å². The van der Waals surface area contributed by atoms with E-state index >= 15 is 0 Å². The average Bonchev–Trinajstić information content (AvgIpc) is 2.76. The van der Waals surface area contributed by atoms with Crippen LogP contribution in [0.4, 0.5) is 0 Å². The van der Waals surface area contributed by atoms with Crippen LogP contribution < -0.4 is 15.4 Å². The van der Waals surface area contributed by atoms with E-state index in [1.807, 2.05) is 18.2 Å². The standard InChI is InChI=1S/C23H25ClN2O5/c1-16(26-21(27)11-8-17-6-9-20(30-2)10-7-17)23(29)31-15-22(28)25-13-12-18-4-3-5-19(24)14-18/h3-11,14,16H,12-13,15H2,1-2H3,(H,25,28)(H,26,27)/b11-8+/t16-/m0/s1. The number of amides is 2. The molecule has 7 nitrogen and oxygen atoms in total. The molecule has 0 bridgehead atoms. The molecule has 164 valence electrons. The fourth-order valence-electron chi connectivity index (χ4n) is 2.56. The van der Waals surface area contributed by atoms with Crippen LogP contribution in [-0.2, 0) is 25.5 Å². The van der Waals surface area contributed by atoms with Crippen molar-refractivity contribution in [2.75, 3.05) is 20.3 Å². The van der Waals surface area contributed by atoms with Crippen LogP contribution >= 0.6 is 11.6 Å². The number of benzene rings is 2. The van der Waals surface area contributed by atoms with Crippen LogP contribution in [0.1, 0.15) is 18.1 Å². The fourth-order valence-corrected chi connectivity index (χ4v) is 2.77. The molecule has 2 rings (SSSR count). The third kappa shape index (κ3) is 8.92. The molecule has 0 aliphatic rings. The third-order valence-electron chi connectivity index (χ3n) is 4.23. The van der Waals surface area contributed by atoms with Crippen molar-refractivity contribution < 1.29 is 23.9 Å². The van der Waals surface area contributed by atoms with E-state index in [9.17, 15) is 14.4 Å². The first-order valence-electron chi connectivity index (χ1n) is 9.68. The van der Waals surface area contributed by atoms with Gasteiger partial charge in [-0.15, -0.1) is 0 Å². The zero-order valence-electron chi connectivity index (χ0n) is 17.4. The molecule has 0 saturated carbocycles. The van der Waals surface area contributed by atoms with Crippen LogP contribution in [0.15, 0.2) is 54.6 Å². The van der Waals surface area contributed by atoms with E-state index in [4.69, 9.17) is 21.1 Å². The summed E-state index contributed by atoms with van der Waals surface area (Å²) < 4.78 is 10.0. The maximum atomic E-state index is 12.0. The average molecular weight is 445 g/mol. The van der Waals surface area contributed by atoms with Gasteiger partial charge in [-0.2, -0.15) is 0 Å². The first kappa shape index (κ1) is 24.0. The predicted octanol–water partition coefficient (Wildman–Crippen LogP) is 2.77. The predicted molar refractivity (Wildman–Crippen MR) is 119 cm³/mol. The molecule has 0 aliphatic carbocycles. The molecule has 31 heavy (non-hydrogen) atoms. The Hall–Kier alpha value is -3.32. The van der Waals surface area contributed by atoms with E-state index in [0.29, 0.717) is 23.7 Å². The van der Waals surface area contributed by atoms with Gasteiger partial charge in [-0.1, -0.05) is 35.9 Å². The van der Waals surface area contributed by atoms with Crippen LogP contribution in [0.2, 0.25) is 5.02 Å². The third-order valence-corrected chi connectivity index (χ3v) is 4.46. The summed E-state index contributed by atoms with van der Waals surface area (Å²) in [6.45, 7) is 1.45. The molecule has 0 aliphatic heterocycles. The minimum atomic E-state index is -0.896. The lowest BCUT2D eigenvalue weighted by atomic mass is 10.1. The molecule has 8 heteroatoms. The Kier molecular flexibility index (Phi) is 9.58. The van der Waals surface area contributed by atoms with Crippen molar-refractivity contribution in [3.63, 3.8) is 0 Å². The SMILES string of the molecule is COc1ccc(/C=C/C(=O)N[C@@H](C)C(=O)OCC(=O)NCCc2cccc(Cl)c2)cc1. The Morgan fingerprint density at radius 2 is 1.87 bits per heavy atom. The fraction of sp³-hybridized carbons (Fsp3) is 0.261. The number of methoxy groups -OCH3 is 1. The molecule has 0 fully saturated rings. The van der Waals surface area contributed by atoms with Crippen LogP contribution in [-0.4, -0.2) is 44.1 Å². The lowest BCUT2D eigenvalue weighted by molar-refractivity contribution is -0.150. The molecular formula is C23H25ClN2O5. The highest BCUT2D eigenvalue weighted by atomic mass is 35.5. The van der Waals surface area contributed by atoms with Crippen molar-refractivity contribution >= 4 is 35.5 Å². The minimum absolute atomic E-state index is 0.388. The monoisotopic (exact) mass is 444 g/mol. The second kappa shape index (κ2) is 12.4. The molecule has 0 aromatic heterocycles. The van der Waals surface area contributed by atoms with Gasteiger partial charge in [0, 0.05) is 17.6 Å². The van der Waals surface area contributed by atoms with E-state index in [-0.39, 0.29) is 0 Å². The van der Waals surface area contributed by atoms with E-state index in [1.54, 1.807) is 43.5 Å². The molecule has 0 radical (unpaired) electrons. The van der Waals surface area contributed by atoms with Crippen LogP contribution in [0, 0.1) is 0 Å². The van der Waals surface area contributed by atoms with Gasteiger partial charge in [0.05, 0.1) is 7.11 Å². The Morgan fingerprint density at radius 1 is 1.13 bits per heavy atom. The Balaban J connectivity index is 1.67. The van der Waals surface area contributed by atoms with Crippen LogP contribution in [0.5, 0.6) is 5.75 Å². The highest BCUT2D eigenvalue weighted by molar-refractivity contribution is 6.30. The van der Waals surface area contributed by atoms with Crippen LogP contribution in [0.3, 0.4) is 0 Å². The molecule has 2 N–H and O–H groups in total. The number of halogens is 1. The molecule has 0 heterocycles. The van der Waals surface area contributed by atoms with E-state index < -0.39 is 30.4 Å². The molecule has 0 spiro atoms. The summed E-state index contributed by atoms with van der Waals surface area (Å²) in [5.41, 5.74) is 1.80. The number of hydrogen-bond donors (Lipinski definition) is 2. The number of rotatable bonds is 10. The maximum Gasteiger partial charge on any atom is 0.328 e. The summed E-state index contributed by atoms with van der Waals surface area (Å²) in [6.07, 6.45) is 3.53. The number of carbonyl (C=O) groups is 3. The highest BCUT2D eigenvalue weighted by Crippen LogP contribution is 2.12. The molecular weight excluding hydrogens is 420 g/mol. The van der Waals surface area contributed by atoms with Gasteiger partial charge in [0.25, 0.3) is 5.91 Å². The smallest absolute Gasteiger partial charge is 0.328 e. The molecule has 2 aromatic carbocycles. The maximum absolute atomic E-state index is 12.0. The number of esters is 1. The van der Waals surface area contributed by atoms with Gasteiger partial charge in [0.1, 0.15) is 11.8 Å². The van der Waals surface area contributed by atoms with Gasteiger partial charge in [0.2, 0.25) is 5.91 Å². The van der Waals surface area contributed by atoms with Crippen molar-refractivity contribution in [1.29, 1.82) is 0 Å². The van der Waals surface area contributed by atoms with Crippen LogP contribution in [0.25, 0.3) is 6.08 Å².